The molecule has 2 nitrogen and oxygen atoms in total. The minimum Gasteiger partial charge on any atom is -0.429 e. The van der Waals surface area contributed by atoms with Gasteiger partial charge in [0.2, 0.25) is 0 Å². The predicted molar refractivity (Wildman–Crippen MR) is 48.2 cm³/mol. The van der Waals surface area contributed by atoms with Gasteiger partial charge in [0.15, 0.2) is 0 Å². The Morgan fingerprint density at radius 3 is 2.67 bits per heavy atom. The molecule has 0 radical (unpaired) electrons. The highest BCUT2D eigenvalue weighted by atomic mass is 35.5. The molecule has 0 unspecified atom stereocenters. The van der Waals surface area contributed by atoms with Gasteiger partial charge in [-0.05, 0) is 12.1 Å². The zero-order valence-corrected chi connectivity index (χ0v) is 8.05. The van der Waals surface area contributed by atoms with E-state index in [4.69, 9.17) is 0 Å². The Labute approximate surface area is 88.6 Å². The Kier molecular flexibility index (Phi) is 3.57. The fourth-order valence-electron chi connectivity index (χ4n) is 0.853. The zero-order chi connectivity index (χ0) is 11.5. The van der Waals surface area contributed by atoms with E-state index in [2.05, 4.69) is 16.3 Å². The molecule has 0 N–H and O–H groups in total. The van der Waals surface area contributed by atoms with E-state index >= 15 is 0 Å². The molecule has 0 aliphatic carbocycles. The van der Waals surface area contributed by atoms with Crippen LogP contribution in [0.5, 0.6) is 5.75 Å². The van der Waals surface area contributed by atoms with Crippen LogP contribution in [0, 0.1) is 0 Å². The van der Waals surface area contributed by atoms with Crippen LogP contribution >= 0.6 is 11.6 Å². The number of alkyl halides is 4. The summed E-state index contributed by atoms with van der Waals surface area (Å²) in [5.74, 6) is -0.326. The minimum absolute atomic E-state index is 0.147. The second-order valence-electron chi connectivity index (χ2n) is 2.65. The van der Waals surface area contributed by atoms with Gasteiger partial charge >= 0.3 is 6.11 Å². The maximum Gasteiger partial charge on any atom is 0.444 e. The third kappa shape index (κ3) is 3.13. The first-order valence-corrected chi connectivity index (χ1v) is 4.29. The molecule has 0 aliphatic rings. The fourth-order valence-corrected chi connectivity index (χ4v) is 0.898. The summed E-state index contributed by atoms with van der Waals surface area (Å²) in [6, 6.07) is 4.95. The number of benzene rings is 1. The van der Waals surface area contributed by atoms with Gasteiger partial charge in [-0.15, -0.1) is 0 Å². The van der Waals surface area contributed by atoms with Crippen molar-refractivity contribution < 1.29 is 22.7 Å². The lowest BCUT2D eigenvalue weighted by Gasteiger charge is -2.17. The molecule has 1 aromatic carbocycles. The van der Waals surface area contributed by atoms with E-state index in [0.29, 0.717) is 6.29 Å². The zero-order valence-electron chi connectivity index (χ0n) is 7.29. The van der Waals surface area contributed by atoms with Crippen LogP contribution in [0.2, 0.25) is 0 Å². The van der Waals surface area contributed by atoms with Crippen molar-refractivity contribution in [2.45, 2.75) is 11.7 Å². The van der Waals surface area contributed by atoms with Crippen molar-refractivity contribution in [1.29, 1.82) is 0 Å². The van der Waals surface area contributed by atoms with Crippen LogP contribution in [0.4, 0.5) is 13.2 Å². The van der Waals surface area contributed by atoms with Gasteiger partial charge in [-0.2, -0.15) is 8.78 Å². The molecule has 1 rings (SSSR count). The fraction of sp³-hybridized carbons (Fsp3) is 0.222. The molecule has 0 saturated heterocycles. The molecule has 1 atom stereocenters. The quantitative estimate of drug-likeness (QED) is 0.595. The summed E-state index contributed by atoms with van der Waals surface area (Å²) < 4.78 is 41.5. The third-order valence-corrected chi connectivity index (χ3v) is 1.76. The molecule has 15 heavy (non-hydrogen) atoms. The van der Waals surface area contributed by atoms with Gasteiger partial charge in [0.1, 0.15) is 12.0 Å². The number of carbonyl (C=O) groups excluding carboxylic acids is 1. The van der Waals surface area contributed by atoms with Crippen molar-refractivity contribution in [3.63, 3.8) is 0 Å². The number of aldehydes is 1. The van der Waals surface area contributed by atoms with Gasteiger partial charge in [-0.3, -0.25) is 4.79 Å². The molecule has 0 amide bonds. The van der Waals surface area contributed by atoms with E-state index in [1.165, 1.54) is 18.2 Å². The summed E-state index contributed by atoms with van der Waals surface area (Å²) in [5.41, 5.74) is -2.80. The molecule has 1 aromatic rings. The van der Waals surface area contributed by atoms with Crippen LogP contribution in [0.15, 0.2) is 24.3 Å². The Bertz CT molecular complexity index is 355. The molecular formula is C9H6ClF3O2. The largest absolute Gasteiger partial charge is 0.444 e. The van der Waals surface area contributed by atoms with Crippen LogP contribution in [0.1, 0.15) is 10.4 Å². The van der Waals surface area contributed by atoms with Crippen LogP contribution in [0.25, 0.3) is 0 Å². The number of hydrogen-bond donors (Lipinski definition) is 0. The van der Waals surface area contributed by atoms with Crippen molar-refractivity contribution >= 4 is 17.9 Å². The van der Waals surface area contributed by atoms with Crippen molar-refractivity contribution in [2.24, 2.45) is 0 Å². The normalized spacial score (nSPS) is 13.3. The SMILES string of the molecule is O=Cc1cccc(OC(F)(F)[C@H](F)Cl)c1. The van der Waals surface area contributed by atoms with Crippen molar-refractivity contribution in [3.05, 3.63) is 29.8 Å². The summed E-state index contributed by atoms with van der Waals surface area (Å²) in [6.45, 7) is 0. The van der Waals surface area contributed by atoms with Gasteiger partial charge in [0.05, 0.1) is 0 Å². The molecule has 6 heteroatoms. The van der Waals surface area contributed by atoms with Gasteiger partial charge < -0.3 is 4.74 Å². The average Bonchev–Trinajstić information content (AvgIpc) is 2.17. The number of carbonyl (C=O) groups is 1. The van der Waals surface area contributed by atoms with Crippen molar-refractivity contribution in [2.75, 3.05) is 0 Å². The number of rotatable bonds is 4. The first-order valence-electron chi connectivity index (χ1n) is 3.86. The third-order valence-electron chi connectivity index (χ3n) is 1.50. The second-order valence-corrected chi connectivity index (χ2v) is 3.04. The first-order chi connectivity index (χ1) is 6.95. The lowest BCUT2D eigenvalue weighted by Crippen LogP contribution is -2.32. The molecule has 0 aromatic heterocycles. The van der Waals surface area contributed by atoms with Crippen molar-refractivity contribution in [1.82, 2.24) is 0 Å². The molecular weight excluding hydrogens is 233 g/mol. The molecule has 0 aliphatic heterocycles. The van der Waals surface area contributed by atoms with Gasteiger partial charge in [-0.25, -0.2) is 4.39 Å². The first kappa shape index (κ1) is 11.8. The minimum atomic E-state index is -4.12. The molecule has 0 bridgehead atoms. The highest BCUT2D eigenvalue weighted by Crippen LogP contribution is 2.28. The summed E-state index contributed by atoms with van der Waals surface area (Å²) in [4.78, 5) is 10.3. The standard InChI is InChI=1S/C9H6ClF3O2/c10-8(11)9(12,13)15-7-3-1-2-6(4-7)5-14/h1-5,8H/t8-/m0/s1. The van der Waals surface area contributed by atoms with E-state index in [1.807, 2.05) is 0 Å². The highest BCUT2D eigenvalue weighted by Gasteiger charge is 2.42. The Hall–Kier alpha value is -1.23. The Morgan fingerprint density at radius 1 is 1.47 bits per heavy atom. The number of hydrogen-bond acceptors (Lipinski definition) is 2. The smallest absolute Gasteiger partial charge is 0.429 e. The molecule has 0 heterocycles. The summed E-state index contributed by atoms with van der Waals surface area (Å²) in [6.07, 6.45) is -3.66. The number of halogens is 4. The van der Waals surface area contributed by atoms with E-state index in [1.54, 1.807) is 0 Å². The molecule has 0 fully saturated rings. The van der Waals surface area contributed by atoms with E-state index in [9.17, 15) is 18.0 Å². The predicted octanol–water partition coefficient (Wildman–Crippen LogP) is 3.01. The van der Waals surface area contributed by atoms with Gasteiger partial charge in [0.25, 0.3) is 5.63 Å². The van der Waals surface area contributed by atoms with Crippen LogP contribution in [-0.2, 0) is 0 Å². The van der Waals surface area contributed by atoms with Crippen LogP contribution in [0.3, 0.4) is 0 Å². The number of ether oxygens (including phenoxy) is 1. The molecule has 82 valence electrons. The van der Waals surface area contributed by atoms with E-state index < -0.39 is 11.7 Å². The van der Waals surface area contributed by atoms with Gasteiger partial charge in [-0.1, -0.05) is 23.7 Å². The van der Waals surface area contributed by atoms with Crippen molar-refractivity contribution in [3.8, 4) is 5.75 Å². The summed E-state index contributed by atoms with van der Waals surface area (Å²) >= 11 is 4.58. The maximum atomic E-state index is 12.7. The summed E-state index contributed by atoms with van der Waals surface area (Å²) in [5, 5.41) is 0. The molecule has 0 spiro atoms. The monoisotopic (exact) mass is 238 g/mol. The summed E-state index contributed by atoms with van der Waals surface area (Å²) in [7, 11) is 0. The highest BCUT2D eigenvalue weighted by molar-refractivity contribution is 6.20. The van der Waals surface area contributed by atoms with E-state index in [0.717, 1.165) is 6.07 Å². The lowest BCUT2D eigenvalue weighted by atomic mass is 10.2. The Morgan fingerprint density at radius 2 is 2.13 bits per heavy atom. The van der Waals surface area contributed by atoms with Gasteiger partial charge in [0, 0.05) is 5.56 Å². The lowest BCUT2D eigenvalue weighted by molar-refractivity contribution is -0.199. The van der Waals surface area contributed by atoms with Crippen LogP contribution in [-0.4, -0.2) is 18.0 Å². The topological polar surface area (TPSA) is 26.3 Å². The second kappa shape index (κ2) is 4.53. The van der Waals surface area contributed by atoms with Crippen LogP contribution < -0.4 is 4.74 Å². The Balaban J connectivity index is 2.84. The average molecular weight is 239 g/mol. The molecule has 0 saturated carbocycles. The maximum absolute atomic E-state index is 12.7. The van der Waals surface area contributed by atoms with E-state index in [-0.39, 0.29) is 11.3 Å².